The van der Waals surface area contributed by atoms with Crippen LogP contribution >= 0.6 is 31.7 Å². The van der Waals surface area contributed by atoms with Gasteiger partial charge >= 0.3 is 43.4 Å². The first-order valence-corrected chi connectivity index (χ1v) is 31.9. The number of hydrogen-bond donors (Lipinski definition) is 0. The van der Waals surface area contributed by atoms with Gasteiger partial charge in [-0.15, -0.1) is 161 Å². The Bertz CT molecular complexity index is 1980. The minimum absolute atomic E-state index is 0. The van der Waals surface area contributed by atoms with E-state index in [4.69, 9.17) is 0 Å². The van der Waals surface area contributed by atoms with Gasteiger partial charge in [0.15, 0.2) is 0 Å². The van der Waals surface area contributed by atoms with Crippen molar-refractivity contribution < 1.29 is 52.8 Å². The van der Waals surface area contributed by atoms with Crippen molar-refractivity contribution in [3.63, 3.8) is 0 Å². The molecular formula is C60H80F2P4Ti2-2. The summed E-state index contributed by atoms with van der Waals surface area (Å²) < 4.78 is 0. The zero-order valence-electron chi connectivity index (χ0n) is 42.7. The van der Waals surface area contributed by atoms with Crippen molar-refractivity contribution in [3.8, 4) is 0 Å². The van der Waals surface area contributed by atoms with Gasteiger partial charge in [-0.25, -0.2) is 0 Å². The molecule has 364 valence electrons. The van der Waals surface area contributed by atoms with Crippen molar-refractivity contribution in [2.75, 3.05) is 49.3 Å². The zero-order chi connectivity index (χ0) is 45.5. The fourth-order valence-corrected chi connectivity index (χ4v) is 18.8. The summed E-state index contributed by atoms with van der Waals surface area (Å²) in [6, 6.07) is 54.1. The van der Waals surface area contributed by atoms with E-state index in [0.717, 1.165) is 0 Å². The van der Waals surface area contributed by atoms with E-state index < -0.39 is 0 Å². The molecular weight excluding hydrogens is 978 g/mol. The van der Waals surface area contributed by atoms with Crippen LogP contribution in [0.2, 0.25) is 0 Å². The molecule has 8 heteroatoms. The molecule has 0 saturated carbocycles. The van der Waals surface area contributed by atoms with Crippen molar-refractivity contribution >= 4 is 96.0 Å². The van der Waals surface area contributed by atoms with Gasteiger partial charge in [-0.3, -0.25) is 0 Å². The van der Waals surface area contributed by atoms with Crippen molar-refractivity contribution in [1.82, 2.24) is 0 Å². The fraction of sp³-hybridized carbons (Fsp3) is 0.400. The van der Waals surface area contributed by atoms with Gasteiger partial charge < -0.3 is 9.41 Å². The van der Waals surface area contributed by atoms with Gasteiger partial charge in [0.2, 0.25) is 0 Å². The number of hydrogen-bond acceptors (Lipinski definition) is 0. The van der Waals surface area contributed by atoms with Crippen LogP contribution in [0.25, 0.3) is 43.1 Å². The summed E-state index contributed by atoms with van der Waals surface area (Å²) in [5.41, 5.74) is 0. The quantitative estimate of drug-likeness (QED) is 0.0405. The average Bonchev–Trinajstić information content (AvgIpc) is 4.14. The first-order valence-electron chi connectivity index (χ1n) is 25.0. The van der Waals surface area contributed by atoms with Crippen LogP contribution in [-0.2, 0) is 43.4 Å². The topological polar surface area (TPSA) is 0 Å². The van der Waals surface area contributed by atoms with Crippen LogP contribution in [0, 0.1) is 0 Å². The van der Waals surface area contributed by atoms with Crippen LogP contribution < -0.4 is 30.6 Å². The summed E-state index contributed by atoms with van der Waals surface area (Å²) in [6.07, 6.45) is 21.6. The summed E-state index contributed by atoms with van der Waals surface area (Å²) in [5, 5.41) is 17.8. The maximum absolute atomic E-state index is 2.41. The molecule has 0 saturated heterocycles. The predicted molar refractivity (Wildman–Crippen MR) is 306 cm³/mol. The summed E-state index contributed by atoms with van der Waals surface area (Å²) in [7, 11) is 0.389. The van der Waals surface area contributed by atoms with Crippen LogP contribution in [0.3, 0.4) is 0 Å². The molecule has 0 amide bonds. The SMILES string of the molecule is CCCP(CCC)c1cc2ccccc2[cH-]1.CCCP(CCC)c1cc2ccccc2[cH-]1.CCCP(CCC)c1cc2ccccc2[cH-]1.CCCP(CCC)c1cc2ccccc2[cH-]1.[F-].[F-].[Ti+2].[Ti+2]. The minimum atomic E-state index is 0. The molecule has 0 atom stereocenters. The third-order valence-corrected chi connectivity index (χ3v) is 23.7. The third kappa shape index (κ3) is 19.7. The fourth-order valence-electron chi connectivity index (χ4n) is 8.91. The smallest absolute Gasteiger partial charge is 1.00 e. The van der Waals surface area contributed by atoms with Gasteiger partial charge in [0.1, 0.15) is 0 Å². The molecule has 0 nitrogen and oxygen atoms in total. The van der Waals surface area contributed by atoms with Gasteiger partial charge in [0.05, 0.1) is 0 Å². The maximum atomic E-state index is 2.41. The number of benzene rings is 4. The Labute approximate surface area is 447 Å². The van der Waals surface area contributed by atoms with E-state index in [0.29, 0.717) is 0 Å². The van der Waals surface area contributed by atoms with E-state index in [-0.39, 0.29) is 84.5 Å². The van der Waals surface area contributed by atoms with E-state index in [1.165, 1.54) is 144 Å². The first kappa shape index (κ1) is 64.3. The Morgan fingerprint density at radius 2 is 0.441 bits per heavy atom. The molecule has 0 unspecified atom stereocenters. The van der Waals surface area contributed by atoms with Crippen LogP contribution in [0.5, 0.6) is 0 Å². The molecule has 8 aromatic carbocycles. The molecule has 8 aromatic rings. The van der Waals surface area contributed by atoms with E-state index in [2.05, 4.69) is 201 Å². The Balaban J connectivity index is 0.000000445. The standard InChI is InChI=1S/4C15H20P.2FH.2Ti/c4*1-3-9-16(10-4-2)15-11-13-7-5-6-8-14(13)12-15;;;;/h4*5-8,11-12H,3-4,9-10H2,1-2H3;2*1H;;/q4*-1;;;2*+2/p-2. The zero-order valence-corrected chi connectivity index (χ0v) is 49.4. The van der Waals surface area contributed by atoms with Crippen LogP contribution in [-0.4, -0.2) is 49.3 Å². The van der Waals surface area contributed by atoms with Gasteiger partial charge in [0.25, 0.3) is 0 Å². The van der Waals surface area contributed by atoms with Crippen molar-refractivity contribution in [3.05, 3.63) is 146 Å². The Kier molecular flexibility index (Phi) is 34.3. The molecule has 8 rings (SSSR count). The second-order valence-corrected chi connectivity index (χ2v) is 27.3. The monoisotopic (exact) mass is 1060 g/mol. The second-order valence-electron chi connectivity index (χ2n) is 17.3. The van der Waals surface area contributed by atoms with Gasteiger partial charge in [-0.2, -0.15) is 24.3 Å². The molecule has 0 heterocycles. The van der Waals surface area contributed by atoms with Crippen LogP contribution in [0.4, 0.5) is 0 Å². The molecule has 0 aromatic heterocycles. The van der Waals surface area contributed by atoms with E-state index in [9.17, 15) is 0 Å². The number of rotatable bonds is 20. The molecule has 0 aliphatic carbocycles. The van der Waals surface area contributed by atoms with Gasteiger partial charge in [-0.1, -0.05) is 163 Å². The molecule has 0 fully saturated rings. The summed E-state index contributed by atoms with van der Waals surface area (Å²) in [6.45, 7) is 18.4. The molecule has 0 bridgehead atoms. The molecule has 0 N–H and O–H groups in total. The minimum Gasteiger partial charge on any atom is -1.00 e. The molecule has 0 radical (unpaired) electrons. The Morgan fingerprint density at radius 1 is 0.279 bits per heavy atom. The second kappa shape index (κ2) is 36.3. The average molecular weight is 1060 g/mol. The normalized spacial score (nSPS) is 10.8. The predicted octanol–water partition coefficient (Wildman–Crippen LogP) is 11.9. The van der Waals surface area contributed by atoms with Gasteiger partial charge in [0, 0.05) is 0 Å². The van der Waals surface area contributed by atoms with E-state index in [1.54, 1.807) is 21.2 Å². The Morgan fingerprint density at radius 3 is 0.588 bits per heavy atom. The largest absolute Gasteiger partial charge is 2.00 e. The first-order chi connectivity index (χ1) is 31.4. The van der Waals surface area contributed by atoms with E-state index in [1.807, 2.05) is 0 Å². The van der Waals surface area contributed by atoms with Crippen LogP contribution in [0.1, 0.15) is 107 Å². The molecule has 68 heavy (non-hydrogen) atoms. The summed E-state index contributed by atoms with van der Waals surface area (Å²) >= 11 is 0. The van der Waals surface area contributed by atoms with Crippen molar-refractivity contribution in [2.45, 2.75) is 107 Å². The molecule has 0 aliphatic rings. The summed E-state index contributed by atoms with van der Waals surface area (Å²) in [5.74, 6) is 0. The van der Waals surface area contributed by atoms with Crippen molar-refractivity contribution in [1.29, 1.82) is 0 Å². The number of fused-ring (bicyclic) bond motifs is 4. The van der Waals surface area contributed by atoms with Crippen LogP contribution in [0.15, 0.2) is 146 Å². The summed E-state index contributed by atoms with van der Waals surface area (Å²) in [4.78, 5) is 0. The molecule has 0 spiro atoms. The Hall–Kier alpha value is -1.67. The van der Waals surface area contributed by atoms with E-state index >= 15 is 0 Å². The van der Waals surface area contributed by atoms with Crippen molar-refractivity contribution in [2.24, 2.45) is 0 Å². The number of halogens is 2. The van der Waals surface area contributed by atoms with Gasteiger partial charge in [-0.05, 0) is 49.3 Å². The third-order valence-electron chi connectivity index (χ3n) is 11.8. The maximum Gasteiger partial charge on any atom is 2.00 e. The molecule has 0 aliphatic heterocycles.